The summed E-state index contributed by atoms with van der Waals surface area (Å²) >= 11 is 0. The van der Waals surface area contributed by atoms with Crippen molar-refractivity contribution in [1.82, 2.24) is 19.9 Å². The smallest absolute Gasteiger partial charge is 0.145 e. The summed E-state index contributed by atoms with van der Waals surface area (Å²) in [6.45, 7) is 2.14. The highest BCUT2D eigenvalue weighted by atomic mass is 15.1. The number of pyridine rings is 2. The molecule has 0 saturated heterocycles. The van der Waals surface area contributed by atoms with E-state index in [0.717, 1.165) is 58.4 Å². The minimum atomic E-state index is 0.147. The van der Waals surface area contributed by atoms with E-state index >= 15 is 0 Å². The first-order chi connectivity index (χ1) is 31.1. The standard InChI is InChI=1S/C57H48N6/c1-38(53(31-33-59)63-54-18-7-6-13-45(54)49-16-11-35-61-57(49)63)44-28-30-52(62-37-44)43-27-29-48-50(36-43)56(41-21-19-39(20-22-41)12-3-2-9-32-58)47-15-5-4-14-46(47)55(48)42-25-23-40(24-26-42)51-17-8-10-34-60-51/h2-6,8-11,13-17,19-37,51,60H,7,12,18,58-59H2,1H3/b3-2-,32-9-,33-31-,53-38-. The van der Waals surface area contributed by atoms with Crippen LogP contribution in [0.2, 0.25) is 0 Å². The second kappa shape index (κ2) is 17.2. The lowest BCUT2D eigenvalue weighted by molar-refractivity contribution is 0.747. The van der Waals surface area contributed by atoms with Gasteiger partial charge in [0.25, 0.3) is 0 Å². The SMILES string of the molecule is C/C(=C(\C=C/N)n1c2c(c3cccnc31)C=CCC2)c1ccc(-c2ccc3c(-c4ccc(C5C=CC=CN5)cc4)c4ccccc4c(-c4ccc(C/C=C\C=C/N)cc4)c3c2)nc1. The van der Waals surface area contributed by atoms with Crippen molar-refractivity contribution in [2.24, 2.45) is 11.5 Å². The van der Waals surface area contributed by atoms with Gasteiger partial charge in [0.2, 0.25) is 0 Å². The molecule has 10 rings (SSSR count). The van der Waals surface area contributed by atoms with E-state index in [1.807, 2.05) is 49.0 Å². The van der Waals surface area contributed by atoms with E-state index in [9.17, 15) is 0 Å². The molecule has 0 amide bonds. The molecule has 0 saturated carbocycles. The first-order valence-electron chi connectivity index (χ1n) is 21.6. The van der Waals surface area contributed by atoms with Crippen LogP contribution in [0.5, 0.6) is 0 Å². The lowest BCUT2D eigenvalue weighted by Gasteiger charge is -2.20. The molecule has 5 N–H and O–H groups in total. The van der Waals surface area contributed by atoms with Crippen molar-refractivity contribution in [3.05, 3.63) is 223 Å². The van der Waals surface area contributed by atoms with Gasteiger partial charge in [-0.3, -0.25) is 9.55 Å². The van der Waals surface area contributed by atoms with Gasteiger partial charge in [-0.05, 0) is 153 Å². The highest BCUT2D eigenvalue weighted by Gasteiger charge is 2.22. The zero-order chi connectivity index (χ0) is 42.7. The minimum Gasteiger partial charge on any atom is -0.405 e. The maximum absolute atomic E-state index is 6.13. The number of rotatable bonds is 10. The third-order valence-electron chi connectivity index (χ3n) is 12.4. The van der Waals surface area contributed by atoms with Gasteiger partial charge in [0.15, 0.2) is 0 Å². The van der Waals surface area contributed by atoms with Crippen LogP contribution >= 0.6 is 0 Å². The first kappa shape index (κ1) is 39.2. The van der Waals surface area contributed by atoms with Gasteiger partial charge < -0.3 is 16.8 Å². The molecule has 306 valence electrons. The molecule has 1 atom stereocenters. The number of fused-ring (bicyclic) bond motifs is 5. The Morgan fingerprint density at radius 2 is 1.49 bits per heavy atom. The Labute approximate surface area is 368 Å². The summed E-state index contributed by atoms with van der Waals surface area (Å²) in [4.78, 5) is 9.99. The largest absolute Gasteiger partial charge is 0.405 e. The molecule has 1 aliphatic carbocycles. The average Bonchev–Trinajstić information content (AvgIpc) is 3.68. The van der Waals surface area contributed by atoms with E-state index < -0.39 is 0 Å². The van der Waals surface area contributed by atoms with Crippen molar-refractivity contribution < 1.29 is 0 Å². The number of nitrogens with one attached hydrogen (secondary N) is 1. The molecule has 1 unspecified atom stereocenters. The van der Waals surface area contributed by atoms with Crippen LogP contribution in [0, 0.1) is 0 Å². The lowest BCUT2D eigenvalue weighted by atomic mass is 9.84. The van der Waals surface area contributed by atoms with E-state index in [1.54, 1.807) is 12.4 Å². The van der Waals surface area contributed by atoms with E-state index in [2.05, 4.69) is 156 Å². The third-order valence-corrected chi connectivity index (χ3v) is 12.4. The number of nitrogens with two attached hydrogens (primary N) is 2. The summed E-state index contributed by atoms with van der Waals surface area (Å²) in [6, 6.07) is 42.3. The zero-order valence-corrected chi connectivity index (χ0v) is 35.2. The van der Waals surface area contributed by atoms with Gasteiger partial charge in [0.05, 0.1) is 17.4 Å². The number of hydrogen-bond acceptors (Lipinski definition) is 5. The minimum absolute atomic E-state index is 0.147. The van der Waals surface area contributed by atoms with Crippen LogP contribution in [-0.4, -0.2) is 14.5 Å². The second-order valence-corrected chi connectivity index (χ2v) is 16.1. The normalized spacial score (nSPS) is 15.3. The Kier molecular flexibility index (Phi) is 10.7. The number of hydrogen-bond donors (Lipinski definition) is 3. The van der Waals surface area contributed by atoms with Gasteiger partial charge in [-0.15, -0.1) is 0 Å². The molecule has 0 fully saturated rings. The third kappa shape index (κ3) is 7.36. The Hall–Kier alpha value is -7.96. The molecular formula is C57H48N6. The Balaban J connectivity index is 1.10. The quantitative estimate of drug-likeness (QED) is 0.0944. The van der Waals surface area contributed by atoms with Crippen molar-refractivity contribution in [2.75, 3.05) is 0 Å². The zero-order valence-electron chi connectivity index (χ0n) is 35.2. The van der Waals surface area contributed by atoms with Crippen LogP contribution in [0.3, 0.4) is 0 Å². The van der Waals surface area contributed by atoms with E-state index in [-0.39, 0.29) is 6.04 Å². The summed E-state index contributed by atoms with van der Waals surface area (Å²) in [5.41, 5.74) is 27.4. The molecular weight excluding hydrogens is 769 g/mol. The van der Waals surface area contributed by atoms with Crippen molar-refractivity contribution in [2.45, 2.75) is 32.2 Å². The summed E-state index contributed by atoms with van der Waals surface area (Å²) in [6.07, 6.45) is 30.5. The summed E-state index contributed by atoms with van der Waals surface area (Å²) < 4.78 is 2.28. The monoisotopic (exact) mass is 816 g/mol. The van der Waals surface area contributed by atoms with Gasteiger partial charge in [0.1, 0.15) is 5.65 Å². The number of aromatic nitrogens is 3. The number of allylic oxidation sites excluding steroid dienone is 9. The van der Waals surface area contributed by atoms with Gasteiger partial charge in [-0.2, -0.15) is 0 Å². The van der Waals surface area contributed by atoms with Crippen molar-refractivity contribution in [3.8, 4) is 33.5 Å². The molecule has 8 aromatic rings. The van der Waals surface area contributed by atoms with Crippen LogP contribution in [0.15, 0.2) is 195 Å². The summed E-state index contributed by atoms with van der Waals surface area (Å²) in [5.74, 6) is 0. The van der Waals surface area contributed by atoms with Gasteiger partial charge in [0, 0.05) is 34.6 Å². The molecule has 1 aliphatic heterocycles. The molecule has 3 aromatic heterocycles. The van der Waals surface area contributed by atoms with Crippen molar-refractivity contribution in [3.63, 3.8) is 0 Å². The molecule has 5 aromatic carbocycles. The van der Waals surface area contributed by atoms with Gasteiger partial charge >= 0.3 is 0 Å². The molecule has 0 radical (unpaired) electrons. The Morgan fingerprint density at radius 1 is 0.746 bits per heavy atom. The molecule has 4 heterocycles. The van der Waals surface area contributed by atoms with Gasteiger partial charge in [-0.25, -0.2) is 4.98 Å². The van der Waals surface area contributed by atoms with Crippen LogP contribution in [-0.2, 0) is 12.8 Å². The predicted molar refractivity (Wildman–Crippen MR) is 265 cm³/mol. The Bertz CT molecular complexity index is 3230. The molecule has 2 aliphatic rings. The number of dihydropyridines is 1. The fourth-order valence-electron chi connectivity index (χ4n) is 9.32. The van der Waals surface area contributed by atoms with E-state index in [0.29, 0.717) is 0 Å². The van der Waals surface area contributed by atoms with Gasteiger partial charge in [-0.1, -0.05) is 127 Å². The van der Waals surface area contributed by atoms with Crippen LogP contribution in [0.1, 0.15) is 47.3 Å². The molecule has 0 spiro atoms. The lowest BCUT2D eigenvalue weighted by Crippen LogP contribution is -2.14. The van der Waals surface area contributed by atoms with Crippen LogP contribution < -0.4 is 16.8 Å². The summed E-state index contributed by atoms with van der Waals surface area (Å²) in [5, 5.41) is 9.40. The number of benzene rings is 5. The molecule has 63 heavy (non-hydrogen) atoms. The fraction of sp³-hybridized carbons (Fsp3) is 0.0877. The number of nitrogens with zero attached hydrogens (tertiary/aromatic N) is 3. The summed E-state index contributed by atoms with van der Waals surface area (Å²) in [7, 11) is 0. The Morgan fingerprint density at radius 3 is 2.22 bits per heavy atom. The molecule has 6 nitrogen and oxygen atoms in total. The van der Waals surface area contributed by atoms with Crippen LogP contribution in [0.4, 0.5) is 0 Å². The second-order valence-electron chi connectivity index (χ2n) is 16.1. The van der Waals surface area contributed by atoms with Crippen LogP contribution in [0.25, 0.3) is 83.4 Å². The highest BCUT2D eigenvalue weighted by Crippen LogP contribution is 2.45. The molecule has 6 heteroatoms. The predicted octanol–water partition coefficient (Wildman–Crippen LogP) is 12.8. The average molecular weight is 817 g/mol. The highest BCUT2D eigenvalue weighted by molar-refractivity contribution is 6.22. The van der Waals surface area contributed by atoms with Crippen molar-refractivity contribution in [1.29, 1.82) is 0 Å². The topological polar surface area (TPSA) is 94.8 Å². The fourth-order valence-corrected chi connectivity index (χ4v) is 9.32. The maximum Gasteiger partial charge on any atom is 0.145 e. The maximum atomic E-state index is 6.13. The molecule has 0 bridgehead atoms. The van der Waals surface area contributed by atoms with E-state index in [4.69, 9.17) is 21.4 Å². The van der Waals surface area contributed by atoms with E-state index in [1.165, 1.54) is 66.2 Å². The van der Waals surface area contributed by atoms with Crippen molar-refractivity contribution >= 4 is 49.9 Å². The first-order valence-corrected chi connectivity index (χ1v) is 21.6.